The summed E-state index contributed by atoms with van der Waals surface area (Å²) in [5.74, 6) is -0.619. The molecule has 0 aliphatic heterocycles. The van der Waals surface area contributed by atoms with Gasteiger partial charge in [0, 0.05) is 20.7 Å². The van der Waals surface area contributed by atoms with E-state index in [9.17, 15) is 9.59 Å². The third-order valence-electron chi connectivity index (χ3n) is 2.62. The molecule has 2 aromatic carbocycles. The number of benzene rings is 2. The molecule has 0 fully saturated rings. The van der Waals surface area contributed by atoms with Crippen LogP contribution >= 0.6 is 27.5 Å². The Morgan fingerprint density at radius 1 is 1.10 bits per heavy atom. The Morgan fingerprint density at radius 3 is 2.48 bits per heavy atom. The largest absolute Gasteiger partial charge is 0.343 e. The minimum absolute atomic E-state index is 0.110. The predicted molar refractivity (Wildman–Crippen MR) is 86.6 cm³/mol. The molecule has 6 heteroatoms. The first-order chi connectivity index (χ1) is 10.0. The molecule has 0 aliphatic rings. The minimum atomic E-state index is -0.317. The van der Waals surface area contributed by atoms with Crippen LogP contribution in [0.1, 0.15) is 10.4 Å². The van der Waals surface area contributed by atoms with Crippen molar-refractivity contribution in [3.63, 3.8) is 0 Å². The third kappa shape index (κ3) is 4.88. The van der Waals surface area contributed by atoms with E-state index in [-0.39, 0.29) is 18.4 Å². The van der Waals surface area contributed by atoms with E-state index >= 15 is 0 Å². The minimum Gasteiger partial charge on any atom is -0.343 e. The van der Waals surface area contributed by atoms with Gasteiger partial charge in [0.25, 0.3) is 5.91 Å². The van der Waals surface area contributed by atoms with Gasteiger partial charge in [0.05, 0.1) is 6.54 Å². The monoisotopic (exact) mass is 366 g/mol. The fourth-order valence-electron chi connectivity index (χ4n) is 1.64. The lowest BCUT2D eigenvalue weighted by atomic mass is 10.2. The van der Waals surface area contributed by atoms with Gasteiger partial charge in [0.15, 0.2) is 0 Å². The van der Waals surface area contributed by atoms with Gasteiger partial charge in [0.2, 0.25) is 5.91 Å². The van der Waals surface area contributed by atoms with Gasteiger partial charge in [-0.15, -0.1) is 0 Å². The van der Waals surface area contributed by atoms with Crippen LogP contribution in [0.5, 0.6) is 0 Å². The summed E-state index contributed by atoms with van der Waals surface area (Å²) in [5, 5.41) is 5.74. The van der Waals surface area contributed by atoms with Crippen molar-refractivity contribution >= 4 is 45.0 Å². The summed E-state index contributed by atoms with van der Waals surface area (Å²) >= 11 is 9.12. The molecule has 4 nitrogen and oxygen atoms in total. The summed E-state index contributed by atoms with van der Waals surface area (Å²) in [7, 11) is 0. The Hall–Kier alpha value is -1.85. The molecule has 0 bridgehead atoms. The smallest absolute Gasteiger partial charge is 0.251 e. The molecule has 2 N–H and O–H groups in total. The zero-order valence-corrected chi connectivity index (χ0v) is 13.2. The van der Waals surface area contributed by atoms with E-state index < -0.39 is 0 Å². The maximum Gasteiger partial charge on any atom is 0.251 e. The molecule has 0 spiro atoms. The number of nitrogens with one attached hydrogen (secondary N) is 2. The predicted octanol–water partition coefficient (Wildman–Crippen LogP) is 3.47. The summed E-state index contributed by atoms with van der Waals surface area (Å²) in [5.41, 5.74) is 1.08. The lowest BCUT2D eigenvalue weighted by molar-refractivity contribution is -0.115. The van der Waals surface area contributed by atoms with Crippen LogP contribution in [0.4, 0.5) is 5.69 Å². The standard InChI is InChI=1S/C15H12BrClN2O2/c16-11-6-4-10(5-7-11)15(21)18-9-14(20)19-13-3-1-2-12(17)8-13/h1-8H,9H2,(H,18,21)(H,19,20). The van der Waals surface area contributed by atoms with Crippen molar-refractivity contribution < 1.29 is 9.59 Å². The second-order valence-corrected chi connectivity index (χ2v) is 5.60. The van der Waals surface area contributed by atoms with Crippen molar-refractivity contribution in [1.82, 2.24) is 5.32 Å². The zero-order chi connectivity index (χ0) is 15.2. The van der Waals surface area contributed by atoms with E-state index in [1.165, 1.54) is 0 Å². The van der Waals surface area contributed by atoms with Crippen LogP contribution in [-0.4, -0.2) is 18.4 Å². The Kier molecular flexibility index (Phi) is 5.36. The Balaban J connectivity index is 1.86. The molecular weight excluding hydrogens is 356 g/mol. The van der Waals surface area contributed by atoms with Crippen molar-refractivity contribution in [3.8, 4) is 0 Å². The highest BCUT2D eigenvalue weighted by molar-refractivity contribution is 9.10. The van der Waals surface area contributed by atoms with E-state index in [0.717, 1.165) is 4.47 Å². The van der Waals surface area contributed by atoms with Gasteiger partial charge in [-0.25, -0.2) is 0 Å². The highest BCUT2D eigenvalue weighted by Gasteiger charge is 2.08. The van der Waals surface area contributed by atoms with Gasteiger partial charge in [-0.2, -0.15) is 0 Å². The number of rotatable bonds is 4. The maximum absolute atomic E-state index is 11.8. The fraction of sp³-hybridized carbons (Fsp3) is 0.0667. The molecule has 0 unspecified atom stereocenters. The molecule has 0 radical (unpaired) electrons. The second-order valence-electron chi connectivity index (χ2n) is 4.25. The summed E-state index contributed by atoms with van der Waals surface area (Å²) in [6.45, 7) is -0.110. The lowest BCUT2D eigenvalue weighted by Gasteiger charge is -2.07. The average molecular weight is 368 g/mol. The number of carbonyl (C=O) groups is 2. The maximum atomic E-state index is 11.8. The third-order valence-corrected chi connectivity index (χ3v) is 3.39. The quantitative estimate of drug-likeness (QED) is 0.869. The molecule has 2 rings (SSSR count). The molecule has 2 amide bonds. The number of carbonyl (C=O) groups excluding carboxylic acids is 2. The number of halogens is 2. The molecular formula is C15H12BrClN2O2. The van der Waals surface area contributed by atoms with E-state index in [0.29, 0.717) is 16.3 Å². The normalized spacial score (nSPS) is 10.0. The number of anilines is 1. The summed E-state index contributed by atoms with van der Waals surface area (Å²) < 4.78 is 0.887. The first-order valence-electron chi connectivity index (χ1n) is 6.14. The van der Waals surface area contributed by atoms with Gasteiger partial charge in [0.1, 0.15) is 0 Å². The van der Waals surface area contributed by atoms with Crippen LogP contribution in [0.2, 0.25) is 5.02 Å². The van der Waals surface area contributed by atoms with Crippen molar-refractivity contribution in [2.24, 2.45) is 0 Å². The molecule has 0 aliphatic carbocycles. The number of hydrogen-bond donors (Lipinski definition) is 2. The summed E-state index contributed by atoms with van der Waals surface area (Å²) in [4.78, 5) is 23.6. The van der Waals surface area contributed by atoms with Gasteiger partial charge in [-0.1, -0.05) is 33.6 Å². The molecule has 2 aromatic rings. The first kappa shape index (κ1) is 15.5. The first-order valence-corrected chi connectivity index (χ1v) is 7.31. The van der Waals surface area contributed by atoms with Crippen LogP contribution in [0.3, 0.4) is 0 Å². The van der Waals surface area contributed by atoms with Crippen LogP contribution in [0.15, 0.2) is 53.0 Å². The van der Waals surface area contributed by atoms with Crippen LogP contribution in [0.25, 0.3) is 0 Å². The van der Waals surface area contributed by atoms with Gasteiger partial charge in [-0.3, -0.25) is 9.59 Å². The van der Waals surface area contributed by atoms with Crippen molar-refractivity contribution in [2.75, 3.05) is 11.9 Å². The molecule has 0 heterocycles. The van der Waals surface area contributed by atoms with Gasteiger partial charge < -0.3 is 10.6 Å². The van der Waals surface area contributed by atoms with Crippen molar-refractivity contribution in [2.45, 2.75) is 0 Å². The van der Waals surface area contributed by atoms with E-state index in [1.807, 2.05) is 0 Å². The highest BCUT2D eigenvalue weighted by atomic mass is 79.9. The van der Waals surface area contributed by atoms with Gasteiger partial charge in [-0.05, 0) is 42.5 Å². The molecule has 0 saturated heterocycles. The lowest BCUT2D eigenvalue weighted by Crippen LogP contribution is -2.32. The average Bonchev–Trinajstić information content (AvgIpc) is 2.45. The molecule has 21 heavy (non-hydrogen) atoms. The van der Waals surface area contributed by atoms with E-state index in [4.69, 9.17) is 11.6 Å². The summed E-state index contributed by atoms with van der Waals surface area (Å²) in [6, 6.07) is 13.7. The van der Waals surface area contributed by atoms with E-state index in [1.54, 1.807) is 48.5 Å². The zero-order valence-electron chi connectivity index (χ0n) is 10.9. The summed E-state index contributed by atoms with van der Waals surface area (Å²) in [6.07, 6.45) is 0. The molecule has 0 aromatic heterocycles. The van der Waals surface area contributed by atoms with Crippen molar-refractivity contribution in [1.29, 1.82) is 0 Å². The van der Waals surface area contributed by atoms with E-state index in [2.05, 4.69) is 26.6 Å². The van der Waals surface area contributed by atoms with Gasteiger partial charge >= 0.3 is 0 Å². The topological polar surface area (TPSA) is 58.2 Å². The highest BCUT2D eigenvalue weighted by Crippen LogP contribution is 2.14. The molecule has 108 valence electrons. The number of hydrogen-bond acceptors (Lipinski definition) is 2. The SMILES string of the molecule is O=C(CNC(=O)c1ccc(Br)cc1)Nc1cccc(Cl)c1. The molecule has 0 atom stereocenters. The number of amides is 2. The molecule has 0 saturated carbocycles. The Labute approximate surface area is 135 Å². The Bertz CT molecular complexity index is 659. The van der Waals surface area contributed by atoms with Crippen LogP contribution in [0, 0.1) is 0 Å². The Morgan fingerprint density at radius 2 is 1.81 bits per heavy atom. The fourth-order valence-corrected chi connectivity index (χ4v) is 2.09. The van der Waals surface area contributed by atoms with Crippen molar-refractivity contribution in [3.05, 3.63) is 63.6 Å². The second kappa shape index (κ2) is 7.24. The van der Waals surface area contributed by atoms with Crippen LogP contribution in [-0.2, 0) is 4.79 Å². The van der Waals surface area contributed by atoms with Crippen LogP contribution < -0.4 is 10.6 Å².